The standard InChI is InChI=1S/C28H37N7O3/c1-20-17-33(14-13-31(20)3)21-5-4-6-22(15-21)35-24-23(16-30-35)25(36)34(19-29-24)18-28(38)9-11-32(12-10-28)26(37)27(2)7-8-27/h4-6,15-16,19-20,38H,7-14,17-18H2,1-3H3/t20-/m1/s1. The minimum absolute atomic E-state index is 0.149. The summed E-state index contributed by atoms with van der Waals surface area (Å²) in [5.41, 5.74) is 1.01. The van der Waals surface area contributed by atoms with E-state index in [-0.39, 0.29) is 23.4 Å². The largest absolute Gasteiger partial charge is 0.388 e. The quantitative estimate of drug-likeness (QED) is 0.549. The molecular formula is C28H37N7O3. The van der Waals surface area contributed by atoms with E-state index < -0.39 is 5.60 Å². The first-order valence-electron chi connectivity index (χ1n) is 13.7. The molecule has 1 aliphatic carbocycles. The number of nitrogens with zero attached hydrogens (tertiary/aromatic N) is 7. The minimum atomic E-state index is -1.05. The number of carbonyl (C=O) groups is 1. The van der Waals surface area contributed by atoms with Crippen molar-refractivity contribution in [1.82, 2.24) is 29.1 Å². The molecule has 1 atom stereocenters. The van der Waals surface area contributed by atoms with Crippen molar-refractivity contribution in [3.8, 4) is 5.69 Å². The van der Waals surface area contributed by atoms with Gasteiger partial charge in [0.05, 0.1) is 24.0 Å². The van der Waals surface area contributed by atoms with Crippen molar-refractivity contribution in [3.05, 3.63) is 47.1 Å². The van der Waals surface area contributed by atoms with Crippen molar-refractivity contribution in [2.75, 3.05) is 44.7 Å². The molecule has 0 spiro atoms. The topological polar surface area (TPSA) is 99.7 Å². The molecule has 2 aliphatic heterocycles. The summed E-state index contributed by atoms with van der Waals surface area (Å²) < 4.78 is 3.19. The van der Waals surface area contributed by atoms with Gasteiger partial charge in [-0.15, -0.1) is 0 Å². The van der Waals surface area contributed by atoms with E-state index in [2.05, 4.69) is 46.0 Å². The average molecular weight is 520 g/mol. The molecule has 3 fully saturated rings. The van der Waals surface area contributed by atoms with E-state index in [4.69, 9.17) is 0 Å². The van der Waals surface area contributed by atoms with Crippen molar-refractivity contribution in [1.29, 1.82) is 0 Å². The molecule has 10 heteroatoms. The molecule has 38 heavy (non-hydrogen) atoms. The van der Waals surface area contributed by atoms with Gasteiger partial charge in [-0.1, -0.05) is 13.0 Å². The number of aromatic nitrogens is 4. The Morgan fingerprint density at radius 3 is 2.55 bits per heavy atom. The van der Waals surface area contributed by atoms with Crippen LogP contribution in [0.2, 0.25) is 0 Å². The number of piperazine rings is 1. The van der Waals surface area contributed by atoms with Gasteiger partial charge in [-0.2, -0.15) is 5.10 Å². The number of anilines is 1. The van der Waals surface area contributed by atoms with Crippen LogP contribution in [0.15, 0.2) is 41.6 Å². The number of piperidine rings is 1. The monoisotopic (exact) mass is 519 g/mol. The summed E-state index contributed by atoms with van der Waals surface area (Å²) in [6.45, 7) is 8.34. The van der Waals surface area contributed by atoms with Gasteiger partial charge in [0.15, 0.2) is 5.65 Å². The molecule has 202 valence electrons. The third-order valence-electron chi connectivity index (χ3n) is 8.92. The zero-order valence-corrected chi connectivity index (χ0v) is 22.5. The zero-order valence-electron chi connectivity index (χ0n) is 22.5. The van der Waals surface area contributed by atoms with Crippen molar-refractivity contribution >= 4 is 22.6 Å². The van der Waals surface area contributed by atoms with Gasteiger partial charge in [0.1, 0.15) is 11.7 Å². The lowest BCUT2D eigenvalue weighted by atomic mass is 9.90. The number of likely N-dealkylation sites (tertiary alicyclic amines) is 1. The number of fused-ring (bicyclic) bond motifs is 1. The lowest BCUT2D eigenvalue weighted by Crippen LogP contribution is -2.51. The fraction of sp³-hybridized carbons (Fsp3) is 0.571. The lowest BCUT2D eigenvalue weighted by molar-refractivity contribution is -0.141. The van der Waals surface area contributed by atoms with Crippen LogP contribution in [0.3, 0.4) is 0 Å². The number of benzene rings is 1. The summed E-state index contributed by atoms with van der Waals surface area (Å²) in [6.07, 6.45) is 5.84. The molecule has 0 bridgehead atoms. The predicted octanol–water partition coefficient (Wildman–Crippen LogP) is 1.88. The van der Waals surface area contributed by atoms with E-state index in [0.717, 1.165) is 43.9 Å². The maximum absolute atomic E-state index is 13.4. The van der Waals surface area contributed by atoms with E-state index in [0.29, 0.717) is 43.0 Å². The Kier molecular flexibility index (Phi) is 6.07. The van der Waals surface area contributed by atoms with Gasteiger partial charge in [-0.3, -0.25) is 14.2 Å². The number of amides is 1. The lowest BCUT2D eigenvalue weighted by Gasteiger charge is -2.39. The first-order valence-corrected chi connectivity index (χ1v) is 13.7. The second-order valence-electron chi connectivity index (χ2n) is 11.8. The van der Waals surface area contributed by atoms with Gasteiger partial charge >= 0.3 is 0 Å². The first-order chi connectivity index (χ1) is 18.2. The Hall–Kier alpha value is -3.24. The van der Waals surface area contributed by atoms with Crippen LogP contribution < -0.4 is 10.5 Å². The van der Waals surface area contributed by atoms with Crippen molar-refractivity contribution in [2.24, 2.45) is 5.41 Å². The SMILES string of the molecule is C[C@@H]1CN(c2cccc(-n3ncc4c(=O)n(CC5(O)CCN(C(=O)C6(C)CC6)CC5)cnc43)c2)CCN1C. The van der Waals surface area contributed by atoms with Crippen molar-refractivity contribution in [2.45, 2.75) is 57.7 Å². The average Bonchev–Trinajstić information content (AvgIpc) is 3.51. The van der Waals surface area contributed by atoms with E-state index in [9.17, 15) is 14.7 Å². The number of rotatable bonds is 5. The molecular weight excluding hydrogens is 482 g/mol. The summed E-state index contributed by atoms with van der Waals surface area (Å²) in [6, 6.07) is 8.67. The third kappa shape index (κ3) is 4.49. The highest BCUT2D eigenvalue weighted by molar-refractivity contribution is 5.85. The first kappa shape index (κ1) is 25.1. The van der Waals surface area contributed by atoms with Crippen LogP contribution in [0, 0.1) is 5.41 Å². The highest BCUT2D eigenvalue weighted by Gasteiger charge is 2.48. The summed E-state index contributed by atoms with van der Waals surface area (Å²) in [5, 5.41) is 16.2. The number of hydrogen-bond acceptors (Lipinski definition) is 7. The fourth-order valence-electron chi connectivity index (χ4n) is 5.74. The Morgan fingerprint density at radius 2 is 1.84 bits per heavy atom. The van der Waals surface area contributed by atoms with Gasteiger partial charge in [0.2, 0.25) is 5.91 Å². The molecule has 1 saturated carbocycles. The fourth-order valence-corrected chi connectivity index (χ4v) is 5.74. The summed E-state index contributed by atoms with van der Waals surface area (Å²) >= 11 is 0. The molecule has 0 radical (unpaired) electrons. The number of likely N-dealkylation sites (N-methyl/N-ethyl adjacent to an activating group) is 1. The highest BCUT2D eigenvalue weighted by atomic mass is 16.3. The Bertz CT molecular complexity index is 1420. The van der Waals surface area contributed by atoms with Crippen LogP contribution in [-0.4, -0.2) is 91.6 Å². The summed E-state index contributed by atoms with van der Waals surface area (Å²) in [7, 11) is 2.16. The molecule has 10 nitrogen and oxygen atoms in total. The molecule has 3 aliphatic rings. The molecule has 1 amide bonds. The molecule has 3 aromatic rings. The molecule has 6 rings (SSSR count). The van der Waals surface area contributed by atoms with Crippen LogP contribution in [0.5, 0.6) is 0 Å². The number of aliphatic hydroxyl groups is 1. The Labute approximate surface area is 222 Å². The summed E-state index contributed by atoms with van der Waals surface area (Å²) in [4.78, 5) is 37.2. The molecule has 1 aromatic carbocycles. The van der Waals surface area contributed by atoms with Gasteiger partial charge in [0, 0.05) is 49.9 Å². The van der Waals surface area contributed by atoms with Crippen molar-refractivity contribution in [3.63, 3.8) is 0 Å². The van der Waals surface area contributed by atoms with Crippen molar-refractivity contribution < 1.29 is 9.90 Å². The molecule has 2 saturated heterocycles. The van der Waals surface area contributed by atoms with E-state index in [1.807, 2.05) is 24.0 Å². The maximum Gasteiger partial charge on any atom is 0.264 e. The molecule has 1 N–H and O–H groups in total. The Morgan fingerprint density at radius 1 is 1.11 bits per heavy atom. The maximum atomic E-state index is 13.4. The van der Waals surface area contributed by atoms with Crippen LogP contribution in [0.25, 0.3) is 16.7 Å². The predicted molar refractivity (Wildman–Crippen MR) is 146 cm³/mol. The summed E-state index contributed by atoms with van der Waals surface area (Å²) in [5.74, 6) is 0.193. The van der Waals surface area contributed by atoms with E-state index >= 15 is 0 Å². The third-order valence-corrected chi connectivity index (χ3v) is 8.92. The Balaban J connectivity index is 1.20. The van der Waals surface area contributed by atoms with Gasteiger partial charge in [-0.05, 0) is 57.9 Å². The normalized spacial score (nSPS) is 23.1. The van der Waals surface area contributed by atoms with Gasteiger partial charge in [0.25, 0.3) is 5.56 Å². The molecule has 4 heterocycles. The smallest absolute Gasteiger partial charge is 0.264 e. The van der Waals surface area contributed by atoms with Crippen LogP contribution in [-0.2, 0) is 11.3 Å². The van der Waals surface area contributed by atoms with E-state index in [1.165, 1.54) is 10.9 Å². The minimum Gasteiger partial charge on any atom is -0.388 e. The zero-order chi connectivity index (χ0) is 26.7. The highest BCUT2D eigenvalue weighted by Crippen LogP contribution is 2.47. The molecule has 0 unspecified atom stereocenters. The number of carbonyl (C=O) groups excluding carboxylic acids is 1. The van der Waals surface area contributed by atoms with E-state index in [1.54, 1.807) is 10.9 Å². The second kappa shape index (κ2) is 9.20. The molecule has 2 aromatic heterocycles. The van der Waals surface area contributed by atoms with Gasteiger partial charge < -0.3 is 19.8 Å². The van der Waals surface area contributed by atoms with Crippen LogP contribution in [0.4, 0.5) is 5.69 Å². The second-order valence-corrected chi connectivity index (χ2v) is 11.8. The van der Waals surface area contributed by atoms with Gasteiger partial charge in [-0.25, -0.2) is 9.67 Å². The van der Waals surface area contributed by atoms with Crippen LogP contribution >= 0.6 is 0 Å². The number of hydrogen-bond donors (Lipinski definition) is 1. The van der Waals surface area contributed by atoms with Crippen LogP contribution in [0.1, 0.15) is 39.5 Å².